The molecule has 1 atom stereocenters. The van der Waals surface area contributed by atoms with Gasteiger partial charge in [0, 0.05) is 6.42 Å². The first-order valence-electron chi connectivity index (χ1n) is 7.15. The number of hydrogen-bond acceptors (Lipinski definition) is 3. The Balaban J connectivity index is 0. The molecule has 0 bridgehead atoms. The van der Waals surface area contributed by atoms with Crippen LogP contribution in [0.2, 0.25) is 0 Å². The minimum atomic E-state index is -0.125. The molecule has 0 amide bonds. The van der Waals surface area contributed by atoms with Gasteiger partial charge in [-0.2, -0.15) is 0 Å². The van der Waals surface area contributed by atoms with E-state index >= 15 is 0 Å². The molecule has 110 valence electrons. The third-order valence-electron chi connectivity index (χ3n) is 2.46. The van der Waals surface area contributed by atoms with Gasteiger partial charge in [-0.05, 0) is 31.2 Å². The lowest BCUT2D eigenvalue weighted by Crippen LogP contribution is -2.35. The Kier molecular flexibility index (Phi) is 13.8. The second kappa shape index (κ2) is 13.1. The van der Waals surface area contributed by atoms with Crippen LogP contribution in [0.3, 0.4) is 0 Å². The number of rotatable bonds is 5. The maximum atomic E-state index is 11.5. The summed E-state index contributed by atoms with van der Waals surface area (Å²) in [5, 5.41) is 12.1. The normalized spacial score (nSPS) is 10.4. The van der Waals surface area contributed by atoms with E-state index in [1.165, 1.54) is 0 Å². The largest absolute Gasteiger partial charge is 0.508 e. The van der Waals surface area contributed by atoms with Gasteiger partial charge >= 0.3 is 0 Å². The zero-order valence-corrected chi connectivity index (χ0v) is 13.2. The van der Waals surface area contributed by atoms with Gasteiger partial charge in [-0.1, -0.05) is 46.8 Å². The van der Waals surface area contributed by atoms with Crippen molar-refractivity contribution in [2.75, 3.05) is 7.05 Å². The van der Waals surface area contributed by atoms with Crippen LogP contribution in [0.25, 0.3) is 0 Å². The first kappa shape index (κ1) is 20.0. The molecule has 1 aromatic rings. The highest BCUT2D eigenvalue weighted by atomic mass is 16.3. The summed E-state index contributed by atoms with van der Waals surface area (Å²) in [6.45, 7) is 9.86. The minimum Gasteiger partial charge on any atom is -0.508 e. The van der Waals surface area contributed by atoms with E-state index in [1.54, 1.807) is 19.2 Å². The number of aromatic hydroxyl groups is 1. The van der Waals surface area contributed by atoms with Crippen molar-refractivity contribution >= 4 is 5.78 Å². The molecule has 0 aliphatic heterocycles. The Morgan fingerprint density at radius 2 is 1.63 bits per heavy atom. The van der Waals surface area contributed by atoms with E-state index in [2.05, 4.69) is 5.32 Å². The minimum absolute atomic E-state index is 0.125. The maximum absolute atomic E-state index is 11.5. The maximum Gasteiger partial charge on any atom is 0.149 e. The lowest BCUT2D eigenvalue weighted by atomic mass is 10.0. The molecule has 0 heterocycles. The van der Waals surface area contributed by atoms with Crippen LogP contribution in [-0.4, -0.2) is 24.0 Å². The fourth-order valence-electron chi connectivity index (χ4n) is 1.49. The first-order chi connectivity index (χ1) is 9.17. The van der Waals surface area contributed by atoms with Crippen LogP contribution in [-0.2, 0) is 11.2 Å². The van der Waals surface area contributed by atoms with Gasteiger partial charge in [0.15, 0.2) is 0 Å². The van der Waals surface area contributed by atoms with Gasteiger partial charge in [0.25, 0.3) is 0 Å². The molecular weight excluding hydrogens is 238 g/mol. The second-order valence-corrected chi connectivity index (χ2v) is 3.53. The third kappa shape index (κ3) is 8.38. The van der Waals surface area contributed by atoms with Crippen LogP contribution < -0.4 is 5.32 Å². The molecule has 2 N–H and O–H groups in total. The summed E-state index contributed by atoms with van der Waals surface area (Å²) in [6, 6.07) is 6.82. The quantitative estimate of drug-likeness (QED) is 0.857. The van der Waals surface area contributed by atoms with Crippen LogP contribution in [0.1, 0.15) is 46.6 Å². The summed E-state index contributed by atoms with van der Waals surface area (Å²) in [7, 11) is 1.79. The lowest BCUT2D eigenvalue weighted by Gasteiger charge is -2.13. The second-order valence-electron chi connectivity index (χ2n) is 3.53. The summed E-state index contributed by atoms with van der Waals surface area (Å²) in [6.07, 6.45) is 1.22. The Hall–Kier alpha value is -1.35. The number of benzene rings is 1. The molecule has 0 aliphatic carbocycles. The molecule has 3 heteroatoms. The predicted octanol–water partition coefficient (Wildman–Crippen LogP) is 3.55. The lowest BCUT2D eigenvalue weighted by molar-refractivity contribution is -0.120. The Labute approximate surface area is 118 Å². The SMILES string of the molecule is CC.CC.CCC(=O)C(Cc1ccc(O)cc1)NC. The molecule has 0 aliphatic rings. The monoisotopic (exact) mass is 267 g/mol. The topological polar surface area (TPSA) is 49.3 Å². The van der Waals surface area contributed by atoms with E-state index < -0.39 is 0 Å². The van der Waals surface area contributed by atoms with Crippen molar-refractivity contribution < 1.29 is 9.90 Å². The fourth-order valence-corrected chi connectivity index (χ4v) is 1.49. The molecule has 0 radical (unpaired) electrons. The summed E-state index contributed by atoms with van der Waals surface area (Å²) in [5.74, 6) is 0.465. The summed E-state index contributed by atoms with van der Waals surface area (Å²) in [5.41, 5.74) is 1.05. The number of phenols is 1. The first-order valence-corrected chi connectivity index (χ1v) is 7.15. The molecule has 0 saturated carbocycles. The fraction of sp³-hybridized carbons (Fsp3) is 0.562. The summed E-state index contributed by atoms with van der Waals surface area (Å²) >= 11 is 0. The summed E-state index contributed by atoms with van der Waals surface area (Å²) in [4.78, 5) is 11.5. The molecule has 1 rings (SSSR count). The Morgan fingerprint density at radius 3 is 2.00 bits per heavy atom. The van der Waals surface area contributed by atoms with Crippen molar-refractivity contribution in [1.82, 2.24) is 5.32 Å². The zero-order chi connectivity index (χ0) is 15.3. The number of hydrogen-bond donors (Lipinski definition) is 2. The van der Waals surface area contributed by atoms with Crippen LogP contribution in [0.15, 0.2) is 24.3 Å². The average Bonchev–Trinajstić information content (AvgIpc) is 2.50. The van der Waals surface area contributed by atoms with E-state index in [9.17, 15) is 4.79 Å². The number of likely N-dealkylation sites (N-methyl/N-ethyl adjacent to an activating group) is 1. The molecule has 0 spiro atoms. The van der Waals surface area contributed by atoms with Crippen molar-refractivity contribution in [3.63, 3.8) is 0 Å². The Morgan fingerprint density at radius 1 is 1.16 bits per heavy atom. The highest BCUT2D eigenvalue weighted by Gasteiger charge is 2.14. The van der Waals surface area contributed by atoms with Crippen molar-refractivity contribution in [2.45, 2.75) is 53.5 Å². The summed E-state index contributed by atoms with van der Waals surface area (Å²) < 4.78 is 0. The van der Waals surface area contributed by atoms with Crippen LogP contribution in [0.4, 0.5) is 0 Å². The van der Waals surface area contributed by atoms with Crippen LogP contribution >= 0.6 is 0 Å². The zero-order valence-electron chi connectivity index (χ0n) is 13.2. The average molecular weight is 267 g/mol. The molecule has 0 saturated heterocycles. The molecule has 1 aromatic carbocycles. The van der Waals surface area contributed by atoms with Gasteiger partial charge < -0.3 is 10.4 Å². The number of nitrogens with one attached hydrogen (secondary N) is 1. The molecule has 3 nitrogen and oxygen atoms in total. The number of carbonyl (C=O) groups excluding carboxylic acids is 1. The van der Waals surface area contributed by atoms with Crippen LogP contribution in [0.5, 0.6) is 5.75 Å². The van der Waals surface area contributed by atoms with Crippen LogP contribution in [0, 0.1) is 0 Å². The van der Waals surface area contributed by atoms with Gasteiger partial charge in [0.2, 0.25) is 0 Å². The number of carbonyl (C=O) groups is 1. The molecule has 1 unspecified atom stereocenters. The Bertz CT molecular complexity index is 320. The highest BCUT2D eigenvalue weighted by Crippen LogP contribution is 2.11. The van der Waals surface area contributed by atoms with E-state index in [4.69, 9.17) is 5.11 Å². The standard InChI is InChI=1S/C12H17NO2.2C2H6/c1-3-12(15)11(13-2)8-9-4-6-10(14)7-5-9;2*1-2/h4-7,11,13-14H,3,8H2,1-2H3;2*1-2H3. The number of ketones is 1. The molecular formula is C16H29NO2. The van der Waals surface area contributed by atoms with Crippen molar-refractivity contribution in [2.24, 2.45) is 0 Å². The number of Topliss-reactive ketones (excluding diaryl/α,β-unsaturated/α-hetero) is 1. The molecule has 19 heavy (non-hydrogen) atoms. The highest BCUT2D eigenvalue weighted by molar-refractivity contribution is 5.83. The van der Waals surface area contributed by atoms with Gasteiger partial charge in [-0.25, -0.2) is 0 Å². The third-order valence-corrected chi connectivity index (χ3v) is 2.46. The van der Waals surface area contributed by atoms with Gasteiger partial charge in [0.1, 0.15) is 11.5 Å². The van der Waals surface area contributed by atoms with E-state index in [-0.39, 0.29) is 17.6 Å². The van der Waals surface area contributed by atoms with Gasteiger partial charge in [-0.3, -0.25) is 4.79 Å². The van der Waals surface area contributed by atoms with Gasteiger partial charge in [-0.15, -0.1) is 0 Å². The van der Waals surface area contributed by atoms with Crippen molar-refractivity contribution in [1.29, 1.82) is 0 Å². The van der Waals surface area contributed by atoms with Crippen molar-refractivity contribution in [3.8, 4) is 5.75 Å². The van der Waals surface area contributed by atoms with Gasteiger partial charge in [0.05, 0.1) is 6.04 Å². The smallest absolute Gasteiger partial charge is 0.149 e. The molecule has 0 fully saturated rings. The van der Waals surface area contributed by atoms with E-state index in [1.807, 2.05) is 46.8 Å². The van der Waals surface area contributed by atoms with Crippen molar-refractivity contribution in [3.05, 3.63) is 29.8 Å². The molecule has 0 aromatic heterocycles. The van der Waals surface area contributed by atoms with E-state index in [0.717, 1.165) is 5.56 Å². The number of phenolic OH excluding ortho intramolecular Hbond substituents is 1. The van der Waals surface area contributed by atoms with E-state index in [0.29, 0.717) is 12.8 Å². The predicted molar refractivity (Wildman–Crippen MR) is 82.7 cm³/mol.